The lowest BCUT2D eigenvalue weighted by atomic mass is 9.98. The number of Topliss-reactive ketones (excluding diaryl/α,β-unsaturated/α-hetero) is 1. The third kappa shape index (κ3) is 9.25. The maximum atomic E-state index is 13.8. The van der Waals surface area contributed by atoms with Crippen molar-refractivity contribution < 1.29 is 28.8 Å². The van der Waals surface area contributed by atoms with Crippen LogP contribution in [0.15, 0.2) is 65.8 Å². The van der Waals surface area contributed by atoms with Gasteiger partial charge in [-0.15, -0.1) is 0 Å². The normalized spacial score (nSPS) is 12.2. The zero-order valence-corrected chi connectivity index (χ0v) is 30.4. The highest BCUT2D eigenvalue weighted by Gasteiger charge is 2.21. The number of amides is 1. The van der Waals surface area contributed by atoms with E-state index in [9.17, 15) is 19.2 Å². The molecule has 0 aliphatic carbocycles. The van der Waals surface area contributed by atoms with Gasteiger partial charge < -0.3 is 19.0 Å². The average Bonchev–Trinajstić information content (AvgIpc) is 3.43. The summed E-state index contributed by atoms with van der Waals surface area (Å²) in [6.07, 6.45) is 7.09. The summed E-state index contributed by atoms with van der Waals surface area (Å²) in [5.74, 6) is -0.178. The molecule has 1 amide bonds. The molecule has 0 aliphatic rings. The Labute approximate surface area is 295 Å². The minimum absolute atomic E-state index is 0.164. The maximum absolute atomic E-state index is 13.8. The molecule has 0 saturated heterocycles. The monoisotopic (exact) mass is 681 g/mol. The molecular weight excluding hydrogens is 630 g/mol. The first-order valence-electron chi connectivity index (χ1n) is 18.1. The van der Waals surface area contributed by atoms with E-state index in [0.29, 0.717) is 47.9 Å². The summed E-state index contributed by atoms with van der Waals surface area (Å²) in [6.45, 7) is 13.5. The predicted octanol–water partition coefficient (Wildman–Crippen LogP) is 9.76. The van der Waals surface area contributed by atoms with Crippen LogP contribution in [0.5, 0.6) is 5.75 Å². The number of hydrogen-bond acceptors (Lipinski definition) is 7. The van der Waals surface area contributed by atoms with Gasteiger partial charge in [0.1, 0.15) is 11.5 Å². The number of carbonyl (C=O) groups is 4. The number of hydrogen-bond donors (Lipinski definition) is 0. The third-order valence-corrected chi connectivity index (χ3v) is 9.28. The van der Waals surface area contributed by atoms with Crippen molar-refractivity contribution in [1.82, 2.24) is 9.47 Å². The van der Waals surface area contributed by atoms with Crippen LogP contribution in [0.1, 0.15) is 119 Å². The van der Waals surface area contributed by atoms with Crippen LogP contribution in [0.25, 0.3) is 21.8 Å². The van der Waals surface area contributed by atoms with Crippen LogP contribution in [0.4, 0.5) is 4.79 Å². The Morgan fingerprint density at radius 1 is 0.760 bits per heavy atom. The van der Waals surface area contributed by atoms with Gasteiger partial charge in [-0.2, -0.15) is 0 Å². The molecule has 0 radical (unpaired) electrons. The molecule has 1 heterocycles. The summed E-state index contributed by atoms with van der Waals surface area (Å²) >= 11 is 0. The standard InChI is InChI=1S/C41H51N3O6/c1-7-12-14-16-36(42-50-28(6)45)40(47)32-20-24-38-35(26-32)34-25-31(19-23-37(34)44(38)27-29(9-3)15-13-8-2)39(46)30-17-21-33(22-18-30)49-41(48)43(10-4)11-5/h17-26,29H,7-16,27H2,1-6H3/b42-36+. The second-order valence-electron chi connectivity index (χ2n) is 12.8. The molecule has 266 valence electrons. The minimum atomic E-state index is -0.578. The van der Waals surface area contributed by atoms with Gasteiger partial charge in [-0.1, -0.05) is 58.0 Å². The van der Waals surface area contributed by atoms with Gasteiger partial charge in [0.05, 0.1) is 0 Å². The van der Waals surface area contributed by atoms with E-state index in [1.165, 1.54) is 6.92 Å². The summed E-state index contributed by atoms with van der Waals surface area (Å²) < 4.78 is 7.80. The fourth-order valence-electron chi connectivity index (χ4n) is 6.28. The van der Waals surface area contributed by atoms with E-state index in [4.69, 9.17) is 9.57 Å². The molecule has 0 fully saturated rings. The lowest BCUT2D eigenvalue weighted by Crippen LogP contribution is -2.33. The second kappa shape index (κ2) is 18.3. The minimum Gasteiger partial charge on any atom is -0.410 e. The highest BCUT2D eigenvalue weighted by Crippen LogP contribution is 2.33. The Balaban J connectivity index is 1.76. The van der Waals surface area contributed by atoms with Crippen molar-refractivity contribution in [2.75, 3.05) is 13.1 Å². The summed E-state index contributed by atoms with van der Waals surface area (Å²) in [5, 5.41) is 5.69. The van der Waals surface area contributed by atoms with Crippen LogP contribution in [-0.4, -0.2) is 51.9 Å². The Morgan fingerprint density at radius 2 is 1.36 bits per heavy atom. The van der Waals surface area contributed by atoms with Crippen molar-refractivity contribution in [2.24, 2.45) is 11.1 Å². The maximum Gasteiger partial charge on any atom is 0.415 e. The molecule has 0 saturated carbocycles. The molecule has 1 atom stereocenters. The van der Waals surface area contributed by atoms with E-state index in [2.05, 4.69) is 30.5 Å². The van der Waals surface area contributed by atoms with Crippen LogP contribution < -0.4 is 4.74 Å². The van der Waals surface area contributed by atoms with Gasteiger partial charge in [0.15, 0.2) is 5.78 Å². The fourth-order valence-corrected chi connectivity index (χ4v) is 6.28. The number of benzene rings is 3. The van der Waals surface area contributed by atoms with Gasteiger partial charge in [0, 0.05) is 65.1 Å². The Hall–Kier alpha value is -4.79. The van der Waals surface area contributed by atoms with Crippen molar-refractivity contribution in [3.05, 3.63) is 77.4 Å². The second-order valence-corrected chi connectivity index (χ2v) is 12.8. The van der Waals surface area contributed by atoms with Gasteiger partial charge in [-0.25, -0.2) is 9.59 Å². The first-order chi connectivity index (χ1) is 24.1. The third-order valence-electron chi connectivity index (χ3n) is 9.28. The Morgan fingerprint density at radius 3 is 1.94 bits per heavy atom. The van der Waals surface area contributed by atoms with Crippen molar-refractivity contribution in [3.8, 4) is 5.75 Å². The Kier molecular flexibility index (Phi) is 13.9. The first kappa shape index (κ1) is 38.0. The van der Waals surface area contributed by atoms with E-state index in [-0.39, 0.29) is 17.3 Å². The smallest absolute Gasteiger partial charge is 0.410 e. The van der Waals surface area contributed by atoms with Gasteiger partial charge in [0.2, 0.25) is 5.78 Å². The SMILES string of the molecule is CCCCC/C(=N\OC(C)=O)C(=O)c1ccc2c(c1)c1cc(C(=O)c3ccc(OC(=O)N(CC)CC)cc3)ccc1n2CC(CC)CCCC. The number of nitrogens with zero attached hydrogens (tertiary/aromatic N) is 3. The topological polar surface area (TPSA) is 107 Å². The van der Waals surface area contributed by atoms with Gasteiger partial charge in [-0.05, 0) is 99.7 Å². The zero-order valence-electron chi connectivity index (χ0n) is 30.4. The highest BCUT2D eigenvalue weighted by atomic mass is 16.7. The van der Waals surface area contributed by atoms with Crippen LogP contribution in [0, 0.1) is 5.92 Å². The number of rotatable bonds is 18. The van der Waals surface area contributed by atoms with Crippen molar-refractivity contribution >= 4 is 51.1 Å². The summed E-state index contributed by atoms with van der Waals surface area (Å²) in [5.41, 5.74) is 3.62. The van der Waals surface area contributed by atoms with Gasteiger partial charge in [0.25, 0.3) is 0 Å². The lowest BCUT2D eigenvalue weighted by Gasteiger charge is -2.18. The molecule has 0 aliphatic heterocycles. The molecule has 1 aromatic heterocycles. The predicted molar refractivity (Wildman–Crippen MR) is 199 cm³/mol. The number of carbonyl (C=O) groups excluding carboxylic acids is 4. The molecule has 4 rings (SSSR count). The molecule has 9 nitrogen and oxygen atoms in total. The summed E-state index contributed by atoms with van der Waals surface area (Å²) in [4.78, 5) is 58.0. The molecule has 4 aromatic rings. The molecule has 0 N–H and O–H groups in total. The number of oxime groups is 1. The van der Waals surface area contributed by atoms with Crippen LogP contribution in [-0.2, 0) is 16.2 Å². The van der Waals surface area contributed by atoms with E-state index in [1.807, 2.05) is 50.2 Å². The van der Waals surface area contributed by atoms with Crippen molar-refractivity contribution in [2.45, 2.75) is 99.5 Å². The van der Waals surface area contributed by atoms with E-state index >= 15 is 0 Å². The van der Waals surface area contributed by atoms with E-state index in [1.54, 1.807) is 29.2 Å². The first-order valence-corrected chi connectivity index (χ1v) is 18.1. The van der Waals surface area contributed by atoms with Crippen LogP contribution in [0.3, 0.4) is 0 Å². The molecule has 50 heavy (non-hydrogen) atoms. The summed E-state index contributed by atoms with van der Waals surface area (Å²) in [7, 11) is 0. The fraction of sp³-hybridized carbons (Fsp3) is 0.439. The molecule has 3 aromatic carbocycles. The quantitative estimate of drug-likeness (QED) is 0.0340. The summed E-state index contributed by atoms with van der Waals surface area (Å²) in [6, 6.07) is 18.0. The molecule has 0 spiro atoms. The van der Waals surface area contributed by atoms with Crippen LogP contribution >= 0.6 is 0 Å². The Bertz CT molecular complexity index is 1830. The van der Waals surface area contributed by atoms with E-state index in [0.717, 1.165) is 73.3 Å². The van der Waals surface area contributed by atoms with Crippen LogP contribution in [0.2, 0.25) is 0 Å². The lowest BCUT2D eigenvalue weighted by molar-refractivity contribution is -0.140. The molecule has 9 heteroatoms. The number of ether oxygens (including phenoxy) is 1. The number of unbranched alkanes of at least 4 members (excludes halogenated alkanes) is 3. The van der Waals surface area contributed by atoms with E-state index < -0.39 is 12.1 Å². The van der Waals surface area contributed by atoms with Gasteiger partial charge in [-0.3, -0.25) is 9.59 Å². The number of fused-ring (bicyclic) bond motifs is 3. The largest absolute Gasteiger partial charge is 0.415 e. The molecule has 0 bridgehead atoms. The zero-order chi connectivity index (χ0) is 36.2. The number of ketones is 2. The molecular formula is C41H51N3O6. The highest BCUT2D eigenvalue weighted by molar-refractivity contribution is 6.46. The number of aromatic nitrogens is 1. The van der Waals surface area contributed by atoms with Crippen molar-refractivity contribution in [3.63, 3.8) is 0 Å². The van der Waals surface area contributed by atoms with Crippen molar-refractivity contribution in [1.29, 1.82) is 0 Å². The average molecular weight is 682 g/mol. The molecule has 1 unspecified atom stereocenters. The van der Waals surface area contributed by atoms with Gasteiger partial charge >= 0.3 is 12.1 Å².